The van der Waals surface area contributed by atoms with Crippen LogP contribution in [0.4, 0.5) is 17.1 Å². The number of nitrogens with zero attached hydrogens (tertiary/aromatic N) is 1. The fourth-order valence-corrected chi connectivity index (χ4v) is 6.49. The lowest BCUT2D eigenvalue weighted by Crippen LogP contribution is -2.21. The molecule has 0 aliphatic heterocycles. The van der Waals surface area contributed by atoms with E-state index < -0.39 is 0 Å². The Morgan fingerprint density at radius 3 is 1.71 bits per heavy atom. The van der Waals surface area contributed by atoms with Gasteiger partial charge in [-0.2, -0.15) is 0 Å². The predicted octanol–water partition coefficient (Wildman–Crippen LogP) is 9.73. The first kappa shape index (κ1) is 20.5. The Bertz CT molecular complexity index is 1460. The van der Waals surface area contributed by atoms with Crippen LogP contribution in [0.2, 0.25) is 0 Å². The molecular weight excluding hydrogens is 422 g/mol. The maximum atomic E-state index is 2.51. The standard InChI is InChI=1S/C34H29N/c1-3-9-27(10-4-1)35(28-11-5-2-6-12-28)34-22-21-30(31-13-7-8-14-32(31)34)26-19-20-29-24-15-17-25(18-16-24)33(29)23-26/h1-14,19-25H,15-18H2. The van der Waals surface area contributed by atoms with Crippen molar-refractivity contribution in [3.8, 4) is 11.1 Å². The van der Waals surface area contributed by atoms with Crippen LogP contribution in [0.15, 0.2) is 115 Å². The number of benzene rings is 5. The minimum atomic E-state index is 0.757. The molecule has 1 saturated carbocycles. The Labute approximate surface area is 207 Å². The van der Waals surface area contributed by atoms with Crippen LogP contribution in [-0.4, -0.2) is 0 Å². The smallest absolute Gasteiger partial charge is 0.0540 e. The van der Waals surface area contributed by atoms with Crippen LogP contribution >= 0.6 is 0 Å². The van der Waals surface area contributed by atoms with Crippen LogP contribution < -0.4 is 4.90 Å². The summed E-state index contributed by atoms with van der Waals surface area (Å²) < 4.78 is 0. The molecule has 170 valence electrons. The molecule has 8 rings (SSSR count). The van der Waals surface area contributed by atoms with Crippen LogP contribution in [0.25, 0.3) is 21.9 Å². The molecule has 0 aromatic heterocycles. The van der Waals surface area contributed by atoms with Gasteiger partial charge in [0, 0.05) is 16.8 Å². The second-order valence-electron chi connectivity index (χ2n) is 10.1. The first-order chi connectivity index (χ1) is 17.4. The summed E-state index contributed by atoms with van der Waals surface area (Å²) in [6.45, 7) is 0. The van der Waals surface area contributed by atoms with E-state index in [2.05, 4.69) is 120 Å². The van der Waals surface area contributed by atoms with Crippen LogP contribution in [0, 0.1) is 0 Å². The molecule has 0 spiro atoms. The summed E-state index contributed by atoms with van der Waals surface area (Å²) in [6.07, 6.45) is 5.49. The number of fused-ring (bicyclic) bond motifs is 3. The average Bonchev–Trinajstić information content (AvgIpc) is 2.95. The average molecular weight is 452 g/mol. The maximum absolute atomic E-state index is 2.51. The second-order valence-corrected chi connectivity index (χ2v) is 10.1. The fourth-order valence-electron chi connectivity index (χ4n) is 6.49. The molecule has 1 heteroatoms. The van der Waals surface area contributed by atoms with Crippen molar-refractivity contribution in [3.63, 3.8) is 0 Å². The lowest BCUT2D eigenvalue weighted by atomic mass is 9.66. The highest BCUT2D eigenvalue weighted by Gasteiger charge is 2.32. The van der Waals surface area contributed by atoms with E-state index >= 15 is 0 Å². The first-order valence-electron chi connectivity index (χ1n) is 12.9. The van der Waals surface area contributed by atoms with Gasteiger partial charge in [-0.3, -0.25) is 0 Å². The van der Waals surface area contributed by atoms with Gasteiger partial charge >= 0.3 is 0 Å². The van der Waals surface area contributed by atoms with E-state index in [0.717, 1.165) is 11.8 Å². The number of hydrogen-bond donors (Lipinski definition) is 0. The molecule has 5 aromatic rings. The maximum Gasteiger partial charge on any atom is 0.0540 e. The zero-order valence-corrected chi connectivity index (χ0v) is 19.9. The summed E-state index contributed by atoms with van der Waals surface area (Å²) in [7, 11) is 0. The van der Waals surface area contributed by atoms with Gasteiger partial charge in [0.05, 0.1) is 5.69 Å². The first-order valence-corrected chi connectivity index (χ1v) is 12.9. The Hall–Kier alpha value is -3.84. The zero-order valence-electron chi connectivity index (χ0n) is 19.9. The Morgan fingerprint density at radius 1 is 0.486 bits per heavy atom. The molecule has 0 radical (unpaired) electrons. The highest BCUT2D eigenvalue weighted by atomic mass is 15.1. The highest BCUT2D eigenvalue weighted by Crippen LogP contribution is 2.50. The number of para-hydroxylation sites is 2. The van der Waals surface area contributed by atoms with Gasteiger partial charge < -0.3 is 4.90 Å². The molecule has 0 heterocycles. The summed E-state index contributed by atoms with van der Waals surface area (Å²) in [5.74, 6) is 1.54. The van der Waals surface area contributed by atoms with E-state index in [0.29, 0.717) is 0 Å². The normalized spacial score (nSPS) is 18.4. The van der Waals surface area contributed by atoms with E-state index in [4.69, 9.17) is 0 Å². The van der Waals surface area contributed by atoms with Crippen LogP contribution in [0.1, 0.15) is 48.6 Å². The van der Waals surface area contributed by atoms with Crippen molar-refractivity contribution in [1.82, 2.24) is 0 Å². The van der Waals surface area contributed by atoms with Gasteiger partial charge in [-0.15, -0.1) is 0 Å². The lowest BCUT2D eigenvalue weighted by Gasteiger charge is -2.38. The molecule has 5 aromatic carbocycles. The van der Waals surface area contributed by atoms with E-state index in [1.807, 2.05) is 0 Å². The number of anilines is 3. The van der Waals surface area contributed by atoms with Gasteiger partial charge in [0.25, 0.3) is 0 Å². The van der Waals surface area contributed by atoms with E-state index in [1.165, 1.54) is 64.6 Å². The highest BCUT2D eigenvalue weighted by molar-refractivity contribution is 6.06. The fraction of sp³-hybridized carbons (Fsp3) is 0.176. The molecule has 1 nitrogen and oxygen atoms in total. The summed E-state index contributed by atoms with van der Waals surface area (Å²) in [4.78, 5) is 2.37. The summed E-state index contributed by atoms with van der Waals surface area (Å²) in [5.41, 5.74) is 9.46. The number of hydrogen-bond acceptors (Lipinski definition) is 1. The molecule has 0 saturated heterocycles. The largest absolute Gasteiger partial charge is 0.310 e. The predicted molar refractivity (Wildman–Crippen MR) is 148 cm³/mol. The third-order valence-electron chi connectivity index (χ3n) is 8.18. The third-order valence-corrected chi connectivity index (χ3v) is 8.18. The molecule has 0 atom stereocenters. The Balaban J connectivity index is 1.41. The van der Waals surface area contributed by atoms with Crippen molar-refractivity contribution in [2.75, 3.05) is 4.90 Å². The zero-order chi connectivity index (χ0) is 23.2. The molecule has 35 heavy (non-hydrogen) atoms. The summed E-state index contributed by atoms with van der Waals surface area (Å²) in [6, 6.07) is 42.2. The van der Waals surface area contributed by atoms with Gasteiger partial charge in [-0.1, -0.05) is 84.9 Å². The van der Waals surface area contributed by atoms with E-state index in [1.54, 1.807) is 11.1 Å². The topological polar surface area (TPSA) is 3.24 Å². The van der Waals surface area contributed by atoms with Crippen molar-refractivity contribution < 1.29 is 0 Å². The van der Waals surface area contributed by atoms with Gasteiger partial charge in [0.15, 0.2) is 0 Å². The minimum Gasteiger partial charge on any atom is -0.310 e. The molecule has 0 amide bonds. The van der Waals surface area contributed by atoms with Crippen molar-refractivity contribution in [3.05, 3.63) is 126 Å². The van der Waals surface area contributed by atoms with Crippen LogP contribution in [0.3, 0.4) is 0 Å². The second kappa shape index (κ2) is 8.43. The van der Waals surface area contributed by atoms with Crippen molar-refractivity contribution in [2.24, 2.45) is 0 Å². The van der Waals surface area contributed by atoms with Crippen LogP contribution in [-0.2, 0) is 0 Å². The lowest BCUT2D eigenvalue weighted by molar-refractivity contribution is 0.359. The van der Waals surface area contributed by atoms with Crippen LogP contribution in [0.5, 0.6) is 0 Å². The molecule has 3 aliphatic carbocycles. The SMILES string of the molecule is c1ccc(N(c2ccccc2)c2ccc(-c3ccc4c(c3)C3CCC4CC3)c3ccccc23)cc1. The quantitative estimate of drug-likeness (QED) is 0.263. The van der Waals surface area contributed by atoms with Gasteiger partial charge in [0.1, 0.15) is 0 Å². The van der Waals surface area contributed by atoms with E-state index in [-0.39, 0.29) is 0 Å². The Kier molecular flexibility index (Phi) is 4.94. The Morgan fingerprint density at radius 2 is 1.06 bits per heavy atom. The summed E-state index contributed by atoms with van der Waals surface area (Å²) >= 11 is 0. The number of rotatable bonds is 4. The molecule has 2 bridgehead atoms. The summed E-state index contributed by atoms with van der Waals surface area (Å²) in [5, 5.41) is 2.58. The van der Waals surface area contributed by atoms with Gasteiger partial charge in [-0.05, 0) is 95.5 Å². The molecule has 0 N–H and O–H groups in total. The molecular formula is C34H29N. The molecule has 1 fully saturated rings. The third kappa shape index (κ3) is 3.46. The van der Waals surface area contributed by atoms with Crippen molar-refractivity contribution in [1.29, 1.82) is 0 Å². The molecule has 0 unspecified atom stereocenters. The van der Waals surface area contributed by atoms with Gasteiger partial charge in [-0.25, -0.2) is 0 Å². The molecule has 3 aliphatic rings. The monoisotopic (exact) mass is 451 g/mol. The van der Waals surface area contributed by atoms with Crippen molar-refractivity contribution in [2.45, 2.75) is 37.5 Å². The van der Waals surface area contributed by atoms with E-state index in [9.17, 15) is 0 Å². The van der Waals surface area contributed by atoms with Gasteiger partial charge in [0.2, 0.25) is 0 Å². The minimum absolute atomic E-state index is 0.757. The van der Waals surface area contributed by atoms with Crippen molar-refractivity contribution >= 4 is 27.8 Å².